The predicted molar refractivity (Wildman–Crippen MR) is 202 cm³/mol. The zero-order valence-corrected chi connectivity index (χ0v) is 31.9. The van der Waals surface area contributed by atoms with Gasteiger partial charge < -0.3 is 25.2 Å². The van der Waals surface area contributed by atoms with Gasteiger partial charge in [-0.25, -0.2) is 14.6 Å². The number of nitrogens with one attached hydrogen (secondary N) is 2. The van der Waals surface area contributed by atoms with E-state index in [0.717, 1.165) is 42.4 Å². The average Bonchev–Trinajstić information content (AvgIpc) is 3.76. The number of hydrogen-bond acceptors (Lipinski definition) is 12. The van der Waals surface area contributed by atoms with Gasteiger partial charge in [-0.2, -0.15) is 0 Å². The highest BCUT2D eigenvalue weighted by Crippen LogP contribution is 2.71. The number of hydrogen-bond donors (Lipinski definition) is 3. The third kappa shape index (κ3) is 6.21. The molecule has 2 amide bonds. The number of cyclic esters (lactones) is 1. The van der Waals surface area contributed by atoms with Gasteiger partial charge in [-0.15, -0.1) is 0 Å². The first-order valence-electron chi connectivity index (χ1n) is 18.9. The highest BCUT2D eigenvalue weighted by Gasteiger charge is 2.69. The van der Waals surface area contributed by atoms with Crippen molar-refractivity contribution in [3.8, 4) is 0 Å². The summed E-state index contributed by atoms with van der Waals surface area (Å²) in [6.07, 6.45) is 13.2. The van der Waals surface area contributed by atoms with Gasteiger partial charge in [-0.1, -0.05) is 41.9 Å². The molecule has 8 aliphatic rings. The Morgan fingerprint density at radius 3 is 2.75 bits per heavy atom. The summed E-state index contributed by atoms with van der Waals surface area (Å²) in [5.41, 5.74) is 3.06. The lowest BCUT2D eigenvalue weighted by Gasteiger charge is -2.57. The van der Waals surface area contributed by atoms with Crippen LogP contribution in [-0.2, 0) is 28.7 Å². The van der Waals surface area contributed by atoms with E-state index in [1.807, 2.05) is 18.2 Å². The Morgan fingerprint density at radius 1 is 1.17 bits per heavy atom. The van der Waals surface area contributed by atoms with Crippen LogP contribution in [0.3, 0.4) is 0 Å². The van der Waals surface area contributed by atoms with Gasteiger partial charge >= 0.3 is 11.9 Å². The molecule has 5 heterocycles. The van der Waals surface area contributed by atoms with Crippen LogP contribution < -0.4 is 10.6 Å². The fourth-order valence-corrected chi connectivity index (χ4v) is 12.3. The first-order chi connectivity index (χ1) is 25.6. The number of rotatable bonds is 7. The quantitative estimate of drug-likeness (QED) is 0.173. The van der Waals surface area contributed by atoms with Crippen LogP contribution in [0.4, 0.5) is 5.82 Å². The molecule has 1 saturated carbocycles. The number of pyridine rings is 1. The lowest BCUT2D eigenvalue weighted by atomic mass is 9.43. The minimum Gasteiger partial charge on any atom is -0.427 e. The Labute approximate surface area is 317 Å². The van der Waals surface area contributed by atoms with Crippen molar-refractivity contribution in [1.29, 1.82) is 0 Å². The Morgan fingerprint density at radius 2 is 1.98 bits per heavy atom. The molecule has 2 fully saturated rings. The van der Waals surface area contributed by atoms with Crippen molar-refractivity contribution in [1.82, 2.24) is 15.2 Å². The van der Waals surface area contributed by atoms with Crippen LogP contribution in [0.1, 0.15) is 77.2 Å². The first-order valence-corrected chi connectivity index (χ1v) is 21.3. The molecule has 1 aromatic rings. The number of nitrogens with zero attached hydrogens (tertiary/aromatic N) is 2. The maximum Gasteiger partial charge on any atom is 0.340 e. The molecule has 8 unspecified atom stereocenters. The van der Waals surface area contributed by atoms with Crippen LogP contribution in [-0.4, -0.2) is 69.2 Å². The number of aliphatic hydroxyl groups excluding tert-OH is 1. The number of ether oxygens (including phenoxy) is 2. The van der Waals surface area contributed by atoms with E-state index in [9.17, 15) is 24.3 Å². The number of aromatic nitrogens is 1. The Hall–Kier alpha value is -3.65. The minimum absolute atomic E-state index is 0.0194. The topological polar surface area (TPSA) is 147 Å². The fraction of sp³-hybridized carbons (Fsp3) is 0.525. The maximum atomic E-state index is 14.6. The molecule has 0 aromatic carbocycles. The number of amides is 2. The normalized spacial score (nSPS) is 33.5. The molecule has 0 radical (unpaired) electrons. The third-order valence-electron chi connectivity index (χ3n) is 12.1. The van der Waals surface area contributed by atoms with E-state index in [-0.39, 0.29) is 53.4 Å². The van der Waals surface area contributed by atoms with Gasteiger partial charge in [-0.05, 0) is 98.6 Å². The van der Waals surface area contributed by atoms with Gasteiger partial charge in [0, 0.05) is 54.4 Å². The Bertz CT molecular complexity index is 1880. The van der Waals surface area contributed by atoms with Crippen LogP contribution in [0.15, 0.2) is 76.4 Å². The van der Waals surface area contributed by atoms with Crippen molar-refractivity contribution in [3.05, 3.63) is 82.0 Å². The Balaban J connectivity index is 1.34. The first kappa shape index (κ1) is 36.3. The number of esters is 2. The van der Waals surface area contributed by atoms with Gasteiger partial charge in [0.1, 0.15) is 17.3 Å². The molecule has 9 rings (SSSR count). The molecule has 7 bridgehead atoms. The van der Waals surface area contributed by atoms with Crippen molar-refractivity contribution in [3.63, 3.8) is 0 Å². The standard InChI is InChI=1S/C40H46N4O7S2/c1-4-5-6-28-26-9-8-25-24-13-15-40(35(25)34(26)38(48)50-28)29-10-7-21(2)37(42-18-22(3)45)53-52-20-43-30-17-23(14-16-41-30)27(33(24)36(40)39(49)51-29)19-44-31(46)11-12-32(44)47/h6,10-12,14,16-17,21-22,24-25,27,35,37,42,45H,4-5,7-9,13,15,18-20H2,1-3H3,(H,41,43). The summed E-state index contributed by atoms with van der Waals surface area (Å²) < 4.78 is 12.4. The van der Waals surface area contributed by atoms with E-state index in [4.69, 9.17) is 9.47 Å². The van der Waals surface area contributed by atoms with E-state index in [2.05, 4.69) is 35.5 Å². The second-order valence-corrected chi connectivity index (χ2v) is 17.8. The van der Waals surface area contributed by atoms with E-state index in [0.29, 0.717) is 60.2 Å². The smallest absolute Gasteiger partial charge is 0.340 e. The molecule has 53 heavy (non-hydrogen) atoms. The highest BCUT2D eigenvalue weighted by atomic mass is 33.1. The van der Waals surface area contributed by atoms with E-state index in [1.54, 1.807) is 34.7 Å². The summed E-state index contributed by atoms with van der Waals surface area (Å²) in [5.74, 6) is 0.170. The lowest BCUT2D eigenvalue weighted by Crippen LogP contribution is -2.53. The van der Waals surface area contributed by atoms with E-state index < -0.39 is 23.4 Å². The molecular formula is C40H46N4O7S2. The van der Waals surface area contributed by atoms with E-state index in [1.165, 1.54) is 17.1 Å². The molecule has 4 aliphatic carbocycles. The SMILES string of the molecule is CCCC=C1OC(=O)C2=C1CCC1C3CCC4(C5=CCC(C)C(NCC(C)O)SSCNc6cc(ccn6)C(CN6C(=O)C=CC6=O)C3=C4C(=O)O5)C21. The summed E-state index contributed by atoms with van der Waals surface area (Å²) >= 11 is 0. The van der Waals surface area contributed by atoms with Gasteiger partial charge in [-0.3, -0.25) is 14.5 Å². The van der Waals surface area contributed by atoms with Crippen molar-refractivity contribution in [2.45, 2.75) is 83.1 Å². The molecule has 1 spiro atoms. The number of anilines is 1. The zero-order valence-electron chi connectivity index (χ0n) is 30.3. The molecule has 280 valence electrons. The summed E-state index contributed by atoms with van der Waals surface area (Å²) in [7, 11) is 3.32. The number of imide groups is 1. The van der Waals surface area contributed by atoms with Crippen LogP contribution >= 0.6 is 21.6 Å². The van der Waals surface area contributed by atoms with Gasteiger partial charge in [0.05, 0.1) is 28.3 Å². The molecule has 8 atom stereocenters. The average molecular weight is 759 g/mol. The fourth-order valence-electron chi connectivity index (χ4n) is 9.86. The highest BCUT2D eigenvalue weighted by molar-refractivity contribution is 8.76. The van der Waals surface area contributed by atoms with Gasteiger partial charge in [0.15, 0.2) is 0 Å². The molecule has 11 nitrogen and oxygen atoms in total. The number of allylic oxidation sites excluding steroid dienone is 4. The van der Waals surface area contributed by atoms with Gasteiger partial charge in [0.2, 0.25) is 0 Å². The number of aliphatic hydroxyl groups is 1. The second-order valence-electron chi connectivity index (χ2n) is 15.3. The van der Waals surface area contributed by atoms with Crippen molar-refractivity contribution >= 4 is 51.2 Å². The monoisotopic (exact) mass is 758 g/mol. The minimum atomic E-state index is -0.906. The van der Waals surface area contributed by atoms with Crippen LogP contribution in [0.25, 0.3) is 0 Å². The number of unbranched alkanes of at least 4 members (excludes halogenated alkanes) is 1. The number of carbonyl (C=O) groups excluding carboxylic acids is 4. The molecule has 4 aliphatic heterocycles. The van der Waals surface area contributed by atoms with Gasteiger partial charge in [0.25, 0.3) is 11.8 Å². The van der Waals surface area contributed by atoms with Crippen LogP contribution in [0.5, 0.6) is 0 Å². The summed E-state index contributed by atoms with van der Waals surface area (Å²) in [4.78, 5) is 60.7. The summed E-state index contributed by atoms with van der Waals surface area (Å²) in [6.45, 7) is 6.51. The molecular weight excluding hydrogens is 713 g/mol. The van der Waals surface area contributed by atoms with Crippen LogP contribution in [0, 0.1) is 29.1 Å². The predicted octanol–water partition coefficient (Wildman–Crippen LogP) is 5.89. The second kappa shape index (κ2) is 14.5. The molecule has 1 saturated heterocycles. The molecule has 1 aromatic heterocycles. The number of fused-ring (bicyclic) bond motifs is 3. The van der Waals surface area contributed by atoms with Crippen molar-refractivity contribution < 1.29 is 33.8 Å². The summed E-state index contributed by atoms with van der Waals surface area (Å²) in [5, 5.41) is 17.0. The lowest BCUT2D eigenvalue weighted by molar-refractivity contribution is -0.137. The summed E-state index contributed by atoms with van der Waals surface area (Å²) in [6, 6.07) is 3.87. The Kier molecular flexibility index (Phi) is 9.97. The zero-order chi connectivity index (χ0) is 37.0. The van der Waals surface area contributed by atoms with Crippen molar-refractivity contribution in [2.24, 2.45) is 29.1 Å². The number of carbonyl (C=O) groups is 4. The van der Waals surface area contributed by atoms with Crippen molar-refractivity contribution in [2.75, 3.05) is 24.3 Å². The molecule has 3 N–H and O–H groups in total. The maximum absolute atomic E-state index is 14.6. The van der Waals surface area contributed by atoms with E-state index >= 15 is 0 Å². The molecule has 13 heteroatoms. The third-order valence-corrected chi connectivity index (χ3v) is 14.7. The van der Waals surface area contributed by atoms with Crippen LogP contribution in [0.2, 0.25) is 0 Å². The largest absolute Gasteiger partial charge is 0.427 e.